The number of fused-ring (bicyclic) bond motifs is 8. The third-order valence-corrected chi connectivity index (χ3v) is 18.5. The van der Waals surface area contributed by atoms with Gasteiger partial charge in [-0.1, -0.05) is 196 Å². The van der Waals surface area contributed by atoms with Gasteiger partial charge in [0.2, 0.25) is 0 Å². The minimum absolute atomic E-state index is 0.480. The standard InChI is InChI=1S/C88H70N4O2/c1-3-5-55-94-86-53-42-66-57-64(62-23-21-29-75(59-62)90(69-26-10-7-11-27-69)71-45-49-73(50-46-71)92-84-36-18-14-32-80(84)81-33-15-19-37-85(81)92)41-52-77(66)88(86)87-67(60-93-54-4-2)39-38-65-56-63(40-51-76(65)87)61-22-20-28-74(58-61)89(68-24-8-6-9-25-68)70-43-47-72(48-44-70)91-82-34-16-12-30-78(82)79-31-13-17-35-83(79)91/h6-53,56-59H,3-5,54-55,60H2,1-2H3. The second-order valence-corrected chi connectivity index (χ2v) is 24.4. The van der Waals surface area contributed by atoms with Gasteiger partial charge in [0.15, 0.2) is 0 Å². The van der Waals surface area contributed by atoms with E-state index in [1.165, 1.54) is 43.6 Å². The predicted molar refractivity (Wildman–Crippen MR) is 396 cm³/mol. The van der Waals surface area contributed by atoms with E-state index in [0.717, 1.165) is 131 Å². The molecule has 0 saturated heterocycles. The summed E-state index contributed by atoms with van der Waals surface area (Å²) < 4.78 is 18.1. The maximum absolute atomic E-state index is 6.88. The smallest absolute Gasteiger partial charge is 0.127 e. The highest BCUT2D eigenvalue weighted by Gasteiger charge is 2.23. The average molecular weight is 1220 g/mol. The Hall–Kier alpha value is -11.4. The molecule has 0 N–H and O–H groups in total. The zero-order chi connectivity index (χ0) is 62.9. The van der Waals surface area contributed by atoms with E-state index in [1.807, 2.05) is 0 Å². The van der Waals surface area contributed by atoms with Crippen LogP contribution >= 0.6 is 0 Å². The second-order valence-electron chi connectivity index (χ2n) is 24.4. The van der Waals surface area contributed by atoms with Crippen LogP contribution in [-0.4, -0.2) is 22.3 Å². The zero-order valence-electron chi connectivity index (χ0n) is 52.9. The van der Waals surface area contributed by atoms with Crippen molar-refractivity contribution >= 4 is 99.3 Å². The van der Waals surface area contributed by atoms with Gasteiger partial charge in [-0.05, 0) is 207 Å². The summed E-state index contributed by atoms with van der Waals surface area (Å²) in [4.78, 5) is 4.71. The van der Waals surface area contributed by atoms with Crippen LogP contribution in [0.3, 0.4) is 0 Å². The topological polar surface area (TPSA) is 34.8 Å². The molecule has 454 valence electrons. The van der Waals surface area contributed by atoms with Crippen molar-refractivity contribution in [2.24, 2.45) is 0 Å². The van der Waals surface area contributed by atoms with Crippen LogP contribution in [0.1, 0.15) is 38.7 Å². The van der Waals surface area contributed by atoms with Crippen molar-refractivity contribution in [3.63, 3.8) is 0 Å². The molecule has 0 amide bonds. The second kappa shape index (κ2) is 25.3. The fraction of sp³-hybridized carbons (Fsp3) is 0.0909. The summed E-state index contributed by atoms with van der Waals surface area (Å²) in [5, 5.41) is 9.57. The molecule has 0 bridgehead atoms. The van der Waals surface area contributed by atoms with Gasteiger partial charge in [-0.15, -0.1) is 0 Å². The van der Waals surface area contributed by atoms with Gasteiger partial charge in [0.25, 0.3) is 0 Å². The van der Waals surface area contributed by atoms with Gasteiger partial charge in [-0.2, -0.15) is 0 Å². The molecule has 0 radical (unpaired) electrons. The van der Waals surface area contributed by atoms with Crippen molar-refractivity contribution in [1.82, 2.24) is 9.13 Å². The van der Waals surface area contributed by atoms with Crippen LogP contribution in [0.5, 0.6) is 5.75 Å². The number of nitrogens with zero attached hydrogens (tertiary/aromatic N) is 4. The van der Waals surface area contributed by atoms with Crippen molar-refractivity contribution in [1.29, 1.82) is 0 Å². The summed E-state index contributed by atoms with van der Waals surface area (Å²) in [6.07, 6.45) is 2.93. The highest BCUT2D eigenvalue weighted by molar-refractivity contribution is 6.12. The Morgan fingerprint density at radius 2 is 0.702 bits per heavy atom. The first-order chi connectivity index (χ1) is 46.6. The Labute approximate surface area is 549 Å². The fourth-order valence-corrected chi connectivity index (χ4v) is 14.1. The number of hydrogen-bond donors (Lipinski definition) is 0. The van der Waals surface area contributed by atoms with E-state index in [9.17, 15) is 0 Å². The molecule has 0 aliphatic heterocycles. The van der Waals surface area contributed by atoms with Crippen LogP contribution < -0.4 is 14.5 Å². The summed E-state index contributed by atoms with van der Waals surface area (Å²) in [6.45, 7) is 6.16. The molecule has 16 rings (SSSR count). The zero-order valence-corrected chi connectivity index (χ0v) is 52.9. The molecule has 16 aromatic rings. The fourth-order valence-electron chi connectivity index (χ4n) is 14.1. The number of rotatable bonds is 19. The Morgan fingerprint density at radius 1 is 0.298 bits per heavy atom. The quantitative estimate of drug-likeness (QED) is 0.0756. The third-order valence-electron chi connectivity index (χ3n) is 18.5. The normalized spacial score (nSPS) is 11.6. The minimum Gasteiger partial charge on any atom is -0.493 e. The lowest BCUT2D eigenvalue weighted by molar-refractivity contribution is 0.122. The first-order valence-electron chi connectivity index (χ1n) is 33.0. The summed E-state index contributed by atoms with van der Waals surface area (Å²) in [7, 11) is 0. The Balaban J connectivity index is 0.761. The molecule has 6 heteroatoms. The van der Waals surface area contributed by atoms with Gasteiger partial charge >= 0.3 is 0 Å². The molecule has 0 fully saturated rings. The number of ether oxygens (including phenoxy) is 2. The molecule has 0 unspecified atom stereocenters. The Morgan fingerprint density at radius 3 is 1.16 bits per heavy atom. The SMILES string of the molecule is CCCCOc1ccc2cc(-c3cccc(N(c4ccccc4)c4ccc(-n5c6ccccc6c6ccccc65)cc4)c3)ccc2c1-c1c(COCCC)ccc2cc(-c3cccc(N(c4ccccc4)c4ccc(-n5c6ccccc6c6ccccc65)cc4)c3)ccc12. The number of aromatic nitrogens is 2. The molecule has 6 nitrogen and oxygen atoms in total. The molecule has 0 atom stereocenters. The van der Waals surface area contributed by atoms with Gasteiger partial charge in [0.1, 0.15) is 5.75 Å². The van der Waals surface area contributed by atoms with Gasteiger partial charge < -0.3 is 28.4 Å². The van der Waals surface area contributed by atoms with E-state index in [0.29, 0.717) is 19.8 Å². The molecule has 0 saturated carbocycles. The molecule has 0 spiro atoms. The average Bonchev–Trinajstić information content (AvgIpc) is 1.20. The number of para-hydroxylation sites is 6. The molecular formula is C88H70N4O2. The third kappa shape index (κ3) is 10.7. The summed E-state index contributed by atoms with van der Waals surface area (Å²) in [6, 6.07) is 115. The van der Waals surface area contributed by atoms with Crippen LogP contribution in [-0.2, 0) is 11.3 Å². The van der Waals surface area contributed by atoms with Gasteiger partial charge in [-0.25, -0.2) is 0 Å². The minimum atomic E-state index is 0.480. The highest BCUT2D eigenvalue weighted by Crippen LogP contribution is 2.47. The monoisotopic (exact) mass is 1210 g/mol. The van der Waals surface area contributed by atoms with E-state index in [2.05, 4.69) is 348 Å². The van der Waals surface area contributed by atoms with E-state index >= 15 is 0 Å². The largest absolute Gasteiger partial charge is 0.493 e. The Kier molecular flexibility index (Phi) is 15.5. The molecule has 2 heterocycles. The summed E-state index contributed by atoms with van der Waals surface area (Å²) >= 11 is 0. The van der Waals surface area contributed by atoms with Crippen molar-refractivity contribution in [3.05, 3.63) is 321 Å². The van der Waals surface area contributed by atoms with Crippen LogP contribution in [0, 0.1) is 0 Å². The van der Waals surface area contributed by atoms with Gasteiger partial charge in [0, 0.05) is 79.2 Å². The van der Waals surface area contributed by atoms with Crippen molar-refractivity contribution in [2.75, 3.05) is 23.0 Å². The first kappa shape index (κ1) is 57.7. The van der Waals surface area contributed by atoms with E-state index in [4.69, 9.17) is 9.47 Å². The highest BCUT2D eigenvalue weighted by atomic mass is 16.5. The molecule has 2 aromatic heterocycles. The van der Waals surface area contributed by atoms with E-state index < -0.39 is 0 Å². The van der Waals surface area contributed by atoms with Crippen molar-refractivity contribution in [2.45, 2.75) is 39.7 Å². The summed E-state index contributed by atoms with van der Waals surface area (Å²) in [5.74, 6) is 0.878. The van der Waals surface area contributed by atoms with Crippen LogP contribution in [0.2, 0.25) is 0 Å². The lowest BCUT2D eigenvalue weighted by Gasteiger charge is -2.26. The van der Waals surface area contributed by atoms with Crippen molar-refractivity contribution < 1.29 is 9.47 Å². The van der Waals surface area contributed by atoms with Crippen LogP contribution in [0.4, 0.5) is 34.1 Å². The summed E-state index contributed by atoms with van der Waals surface area (Å²) in [5.41, 5.74) is 21.4. The number of anilines is 6. The lowest BCUT2D eigenvalue weighted by Crippen LogP contribution is -2.10. The molecule has 14 aromatic carbocycles. The van der Waals surface area contributed by atoms with Crippen LogP contribution in [0.25, 0.3) is 110 Å². The molecular weight excluding hydrogens is 1140 g/mol. The first-order valence-corrected chi connectivity index (χ1v) is 33.0. The molecule has 0 aliphatic carbocycles. The van der Waals surface area contributed by atoms with E-state index in [-0.39, 0.29) is 0 Å². The number of hydrogen-bond acceptors (Lipinski definition) is 4. The molecule has 94 heavy (non-hydrogen) atoms. The Bertz CT molecular complexity index is 4970. The maximum atomic E-state index is 6.88. The number of benzene rings is 14. The lowest BCUT2D eigenvalue weighted by atomic mass is 9.87. The van der Waals surface area contributed by atoms with Crippen molar-refractivity contribution in [3.8, 4) is 50.5 Å². The van der Waals surface area contributed by atoms with Gasteiger partial charge in [-0.3, -0.25) is 0 Å². The van der Waals surface area contributed by atoms with Gasteiger partial charge in [0.05, 0.1) is 35.3 Å². The molecule has 0 aliphatic rings. The van der Waals surface area contributed by atoms with E-state index in [1.54, 1.807) is 0 Å². The maximum Gasteiger partial charge on any atom is 0.127 e. The van der Waals surface area contributed by atoms with Crippen LogP contribution in [0.15, 0.2) is 315 Å². The number of unbranched alkanes of at least 4 members (excludes halogenated alkanes) is 1. The predicted octanol–water partition coefficient (Wildman–Crippen LogP) is 24.2.